The van der Waals surface area contributed by atoms with Gasteiger partial charge >= 0.3 is 0 Å². The molecule has 2 N–H and O–H groups in total. The van der Waals surface area contributed by atoms with Crippen LogP contribution in [0.15, 0.2) is 0 Å². The van der Waals surface area contributed by atoms with Crippen LogP contribution < -0.4 is 10.6 Å². The predicted molar refractivity (Wildman–Crippen MR) is 57.2 cm³/mol. The summed E-state index contributed by atoms with van der Waals surface area (Å²) in [6.07, 6.45) is 0.892. The van der Waals surface area contributed by atoms with Crippen LogP contribution in [0.3, 0.4) is 0 Å². The largest absolute Gasteiger partial charge is 0.351 e. The van der Waals surface area contributed by atoms with E-state index in [1.54, 1.807) is 0 Å². The summed E-state index contributed by atoms with van der Waals surface area (Å²) in [5.41, 5.74) is 0. The van der Waals surface area contributed by atoms with Crippen LogP contribution in [0.25, 0.3) is 0 Å². The lowest BCUT2D eigenvalue weighted by molar-refractivity contribution is -0.130. The van der Waals surface area contributed by atoms with Gasteiger partial charge in [0.25, 0.3) is 0 Å². The Kier molecular flexibility index (Phi) is 4.35. The second-order valence-corrected chi connectivity index (χ2v) is 3.91. The minimum atomic E-state index is 0.0589. The van der Waals surface area contributed by atoms with E-state index in [9.17, 15) is 4.79 Å². The third-order valence-electron chi connectivity index (χ3n) is 2.71. The van der Waals surface area contributed by atoms with Gasteiger partial charge in [-0.15, -0.1) is 0 Å². The zero-order chi connectivity index (χ0) is 10.6. The summed E-state index contributed by atoms with van der Waals surface area (Å²) in [4.78, 5) is 14.0. The summed E-state index contributed by atoms with van der Waals surface area (Å²) in [6.45, 7) is 6.97. The molecule has 0 bridgehead atoms. The second kappa shape index (κ2) is 5.32. The monoisotopic (exact) mass is 199 g/mol. The fraction of sp³-hybridized carbons (Fsp3) is 0.900. The standard InChI is InChI=1S/C10H21N3O/c1-4-13-7-8(2)12-10(14)9(13)5-6-11-3/h8-9,11H,4-7H2,1-3H3,(H,12,14). The molecule has 4 nitrogen and oxygen atoms in total. The van der Waals surface area contributed by atoms with E-state index in [1.165, 1.54) is 0 Å². The van der Waals surface area contributed by atoms with E-state index in [-0.39, 0.29) is 18.0 Å². The zero-order valence-electron chi connectivity index (χ0n) is 9.34. The van der Waals surface area contributed by atoms with Crippen molar-refractivity contribution in [2.45, 2.75) is 32.4 Å². The molecule has 1 rings (SSSR count). The van der Waals surface area contributed by atoms with Crippen LogP contribution in [0.2, 0.25) is 0 Å². The van der Waals surface area contributed by atoms with Crippen molar-refractivity contribution < 1.29 is 4.79 Å². The normalized spacial score (nSPS) is 28.9. The maximum Gasteiger partial charge on any atom is 0.237 e. The van der Waals surface area contributed by atoms with Gasteiger partial charge in [0.2, 0.25) is 5.91 Å². The van der Waals surface area contributed by atoms with Crippen molar-refractivity contribution in [3.8, 4) is 0 Å². The van der Waals surface area contributed by atoms with Crippen LogP contribution in [0, 0.1) is 0 Å². The summed E-state index contributed by atoms with van der Waals surface area (Å²) in [5.74, 6) is 0.181. The Balaban J connectivity index is 2.54. The molecule has 1 aliphatic rings. The van der Waals surface area contributed by atoms with E-state index < -0.39 is 0 Å². The van der Waals surface area contributed by atoms with Gasteiger partial charge in [-0.2, -0.15) is 0 Å². The maximum atomic E-state index is 11.7. The number of rotatable bonds is 4. The lowest BCUT2D eigenvalue weighted by Gasteiger charge is -2.37. The fourth-order valence-electron chi connectivity index (χ4n) is 1.97. The van der Waals surface area contributed by atoms with Crippen LogP contribution in [0.1, 0.15) is 20.3 Å². The topological polar surface area (TPSA) is 44.4 Å². The van der Waals surface area contributed by atoms with Crippen molar-refractivity contribution in [2.75, 3.05) is 26.7 Å². The predicted octanol–water partition coefficient (Wildman–Crippen LogP) is -0.195. The molecule has 0 aromatic carbocycles. The van der Waals surface area contributed by atoms with Gasteiger partial charge in [0.1, 0.15) is 0 Å². The third kappa shape index (κ3) is 2.69. The van der Waals surface area contributed by atoms with Gasteiger partial charge < -0.3 is 10.6 Å². The highest BCUT2D eigenvalue weighted by Crippen LogP contribution is 2.10. The molecule has 2 atom stereocenters. The van der Waals surface area contributed by atoms with E-state index >= 15 is 0 Å². The van der Waals surface area contributed by atoms with Crippen molar-refractivity contribution in [2.24, 2.45) is 0 Å². The highest BCUT2D eigenvalue weighted by atomic mass is 16.2. The first-order valence-corrected chi connectivity index (χ1v) is 5.38. The number of amides is 1. The molecule has 14 heavy (non-hydrogen) atoms. The number of hydrogen-bond acceptors (Lipinski definition) is 3. The van der Waals surface area contributed by atoms with Gasteiger partial charge in [-0.25, -0.2) is 0 Å². The fourth-order valence-corrected chi connectivity index (χ4v) is 1.97. The quantitative estimate of drug-likeness (QED) is 0.659. The number of nitrogens with one attached hydrogen (secondary N) is 2. The van der Waals surface area contributed by atoms with Crippen LogP contribution in [-0.2, 0) is 4.79 Å². The average Bonchev–Trinajstić information content (AvgIpc) is 2.15. The average molecular weight is 199 g/mol. The number of hydrogen-bond donors (Lipinski definition) is 2. The highest BCUT2D eigenvalue weighted by Gasteiger charge is 2.30. The molecule has 4 heteroatoms. The number of nitrogens with zero attached hydrogens (tertiary/aromatic N) is 1. The Labute approximate surface area is 86.0 Å². The summed E-state index contributed by atoms with van der Waals surface area (Å²) in [6, 6.07) is 0.344. The lowest BCUT2D eigenvalue weighted by atomic mass is 10.1. The lowest BCUT2D eigenvalue weighted by Crippen LogP contribution is -2.59. The molecule has 0 spiro atoms. The molecular formula is C10H21N3O. The van der Waals surface area contributed by atoms with Crippen molar-refractivity contribution in [1.82, 2.24) is 15.5 Å². The van der Waals surface area contributed by atoms with Crippen molar-refractivity contribution >= 4 is 5.91 Å². The molecule has 0 radical (unpaired) electrons. The first-order chi connectivity index (χ1) is 6.69. The van der Waals surface area contributed by atoms with Crippen molar-refractivity contribution in [3.05, 3.63) is 0 Å². The molecule has 0 aromatic rings. The summed E-state index contributed by atoms with van der Waals surface area (Å²) < 4.78 is 0. The third-order valence-corrected chi connectivity index (χ3v) is 2.71. The molecule has 1 saturated heterocycles. The number of carbonyl (C=O) groups excluding carboxylic acids is 1. The molecule has 0 saturated carbocycles. The van der Waals surface area contributed by atoms with Crippen molar-refractivity contribution in [3.63, 3.8) is 0 Å². The van der Waals surface area contributed by atoms with Gasteiger partial charge in [-0.05, 0) is 33.5 Å². The second-order valence-electron chi connectivity index (χ2n) is 3.91. The molecule has 1 amide bonds. The molecule has 2 unspecified atom stereocenters. The Morgan fingerprint density at radius 3 is 2.93 bits per heavy atom. The van der Waals surface area contributed by atoms with Gasteiger partial charge in [0, 0.05) is 12.6 Å². The van der Waals surface area contributed by atoms with Crippen molar-refractivity contribution in [1.29, 1.82) is 0 Å². The van der Waals surface area contributed by atoms with Crippen LogP contribution in [-0.4, -0.2) is 49.6 Å². The van der Waals surface area contributed by atoms with Gasteiger partial charge in [-0.3, -0.25) is 9.69 Å². The first-order valence-electron chi connectivity index (χ1n) is 5.38. The molecule has 0 aliphatic carbocycles. The smallest absolute Gasteiger partial charge is 0.237 e. The highest BCUT2D eigenvalue weighted by molar-refractivity contribution is 5.82. The molecule has 0 aromatic heterocycles. The van der Waals surface area contributed by atoms with E-state index in [0.29, 0.717) is 0 Å². The SMILES string of the molecule is CCN1CC(C)NC(=O)C1CCNC. The summed E-state index contributed by atoms with van der Waals surface area (Å²) >= 11 is 0. The zero-order valence-corrected chi connectivity index (χ0v) is 9.34. The van der Waals surface area contributed by atoms with Gasteiger partial charge in [0.05, 0.1) is 6.04 Å². The molecule has 1 aliphatic heterocycles. The number of carbonyl (C=O) groups is 1. The summed E-state index contributed by atoms with van der Waals surface area (Å²) in [7, 11) is 1.92. The Bertz CT molecular complexity index is 196. The number of piperazine rings is 1. The minimum absolute atomic E-state index is 0.0589. The van der Waals surface area contributed by atoms with Gasteiger partial charge in [0.15, 0.2) is 0 Å². The van der Waals surface area contributed by atoms with E-state index in [2.05, 4.69) is 29.4 Å². The first kappa shape index (κ1) is 11.5. The summed E-state index contributed by atoms with van der Waals surface area (Å²) in [5, 5.41) is 6.08. The van der Waals surface area contributed by atoms with E-state index in [4.69, 9.17) is 0 Å². The van der Waals surface area contributed by atoms with Crippen LogP contribution in [0.4, 0.5) is 0 Å². The maximum absolute atomic E-state index is 11.7. The van der Waals surface area contributed by atoms with E-state index in [1.807, 2.05) is 7.05 Å². The molecule has 82 valence electrons. The Morgan fingerprint density at radius 2 is 2.36 bits per heavy atom. The number of likely N-dealkylation sites (N-methyl/N-ethyl adjacent to an activating group) is 1. The van der Waals surface area contributed by atoms with E-state index in [0.717, 1.165) is 26.1 Å². The van der Waals surface area contributed by atoms with Gasteiger partial charge in [-0.1, -0.05) is 6.92 Å². The van der Waals surface area contributed by atoms with Crippen LogP contribution >= 0.6 is 0 Å². The Morgan fingerprint density at radius 1 is 1.64 bits per heavy atom. The Hall–Kier alpha value is -0.610. The van der Waals surface area contributed by atoms with Crippen LogP contribution in [0.5, 0.6) is 0 Å². The molecule has 1 fully saturated rings. The minimum Gasteiger partial charge on any atom is -0.351 e. The molecule has 1 heterocycles. The molecular weight excluding hydrogens is 178 g/mol.